The van der Waals surface area contributed by atoms with E-state index in [-0.39, 0.29) is 6.61 Å². The monoisotopic (exact) mass is 157 g/mol. The molecule has 0 atom stereocenters. The van der Waals surface area contributed by atoms with E-state index in [1.165, 1.54) is 0 Å². The summed E-state index contributed by atoms with van der Waals surface area (Å²) in [5.74, 6) is -0.443. The van der Waals surface area contributed by atoms with Gasteiger partial charge in [0.25, 0.3) is 0 Å². The summed E-state index contributed by atoms with van der Waals surface area (Å²) in [6.07, 6.45) is 2.32. The van der Waals surface area contributed by atoms with Crippen molar-refractivity contribution in [2.24, 2.45) is 11.1 Å². The molecule has 0 amide bonds. The lowest BCUT2D eigenvalue weighted by Gasteiger charge is -1.95. The maximum absolute atomic E-state index is 9.97. The van der Waals surface area contributed by atoms with Crippen LogP contribution in [0.15, 0.2) is 5.16 Å². The molecule has 0 aromatic rings. The highest BCUT2D eigenvalue weighted by Gasteiger charge is 2.24. The Hall–Kier alpha value is -1.06. The molecule has 0 bridgehead atoms. The summed E-state index contributed by atoms with van der Waals surface area (Å²) in [6, 6.07) is 0. The van der Waals surface area contributed by atoms with Gasteiger partial charge in [0.1, 0.15) is 0 Å². The Morgan fingerprint density at radius 3 is 2.82 bits per heavy atom. The SMILES string of the molecule is CC(=NOCC(=O)O)C1CC1. The number of nitrogens with zero attached hydrogens (tertiary/aromatic N) is 1. The fraction of sp³-hybridized carbons (Fsp3) is 0.714. The fourth-order valence-corrected chi connectivity index (χ4v) is 0.765. The third kappa shape index (κ3) is 3.02. The van der Waals surface area contributed by atoms with Crippen molar-refractivity contribution in [1.29, 1.82) is 0 Å². The van der Waals surface area contributed by atoms with Crippen LogP contribution in [0.3, 0.4) is 0 Å². The molecule has 0 aromatic heterocycles. The summed E-state index contributed by atoms with van der Waals surface area (Å²) in [5, 5.41) is 11.8. The van der Waals surface area contributed by atoms with Gasteiger partial charge in [-0.1, -0.05) is 5.16 Å². The van der Waals surface area contributed by atoms with Gasteiger partial charge in [-0.3, -0.25) is 0 Å². The second-order valence-corrected chi connectivity index (χ2v) is 2.67. The quantitative estimate of drug-likeness (QED) is 0.486. The normalized spacial score (nSPS) is 18.1. The van der Waals surface area contributed by atoms with Gasteiger partial charge in [0.15, 0.2) is 0 Å². The number of hydrogen-bond donors (Lipinski definition) is 1. The molecule has 0 saturated heterocycles. The number of oxime groups is 1. The van der Waals surface area contributed by atoms with Crippen molar-refractivity contribution in [3.63, 3.8) is 0 Å². The maximum Gasteiger partial charge on any atom is 0.344 e. The van der Waals surface area contributed by atoms with Crippen molar-refractivity contribution >= 4 is 11.7 Å². The van der Waals surface area contributed by atoms with Gasteiger partial charge in [-0.05, 0) is 19.8 Å². The molecule has 1 N–H and O–H groups in total. The van der Waals surface area contributed by atoms with Crippen LogP contribution in [0.25, 0.3) is 0 Å². The number of aliphatic carboxylic acids is 1. The van der Waals surface area contributed by atoms with Gasteiger partial charge in [-0.25, -0.2) is 4.79 Å². The molecular weight excluding hydrogens is 146 g/mol. The van der Waals surface area contributed by atoms with Crippen LogP contribution < -0.4 is 0 Å². The van der Waals surface area contributed by atoms with Crippen molar-refractivity contribution in [3.05, 3.63) is 0 Å². The van der Waals surface area contributed by atoms with E-state index in [0.717, 1.165) is 18.6 Å². The first-order valence-corrected chi connectivity index (χ1v) is 3.58. The molecule has 11 heavy (non-hydrogen) atoms. The van der Waals surface area contributed by atoms with Crippen LogP contribution in [0.1, 0.15) is 19.8 Å². The van der Waals surface area contributed by atoms with Crippen LogP contribution in [0.2, 0.25) is 0 Å². The highest BCUT2D eigenvalue weighted by atomic mass is 16.6. The molecule has 0 unspecified atom stereocenters. The maximum atomic E-state index is 9.97. The molecular formula is C7H11NO3. The molecule has 0 aliphatic heterocycles. The second-order valence-electron chi connectivity index (χ2n) is 2.67. The Kier molecular flexibility index (Phi) is 2.46. The average Bonchev–Trinajstić information content (AvgIpc) is 2.66. The predicted octanol–water partition coefficient (Wildman–Crippen LogP) is 0.873. The number of hydrogen-bond acceptors (Lipinski definition) is 3. The molecule has 0 spiro atoms. The van der Waals surface area contributed by atoms with E-state index < -0.39 is 5.97 Å². The molecule has 0 radical (unpaired) electrons. The Labute approximate surface area is 64.8 Å². The smallest absolute Gasteiger partial charge is 0.344 e. The molecule has 1 aliphatic rings. The largest absolute Gasteiger partial charge is 0.479 e. The Bertz CT molecular complexity index is 184. The van der Waals surface area contributed by atoms with Crippen LogP contribution in [0, 0.1) is 5.92 Å². The lowest BCUT2D eigenvalue weighted by atomic mass is 10.3. The minimum absolute atomic E-state index is 0.343. The first kappa shape index (κ1) is 8.04. The molecule has 1 fully saturated rings. The topological polar surface area (TPSA) is 58.9 Å². The number of rotatable bonds is 4. The minimum atomic E-state index is -0.989. The standard InChI is InChI=1S/C7H11NO3/c1-5(6-2-3-6)8-11-4-7(9)10/h6H,2-4H2,1H3,(H,9,10). The third-order valence-electron chi connectivity index (χ3n) is 1.56. The highest BCUT2D eigenvalue weighted by Crippen LogP contribution is 2.30. The second kappa shape index (κ2) is 3.37. The van der Waals surface area contributed by atoms with Crippen molar-refractivity contribution < 1.29 is 14.7 Å². The van der Waals surface area contributed by atoms with Crippen LogP contribution in [0.4, 0.5) is 0 Å². The van der Waals surface area contributed by atoms with Gasteiger partial charge >= 0.3 is 5.97 Å². The molecule has 0 aromatic carbocycles. The predicted molar refractivity (Wildman–Crippen MR) is 39.4 cm³/mol. The number of carbonyl (C=O) groups is 1. The van der Waals surface area contributed by atoms with E-state index in [4.69, 9.17) is 5.11 Å². The Balaban J connectivity index is 2.17. The number of carboxylic acids is 1. The van der Waals surface area contributed by atoms with Crippen molar-refractivity contribution in [2.45, 2.75) is 19.8 Å². The zero-order valence-corrected chi connectivity index (χ0v) is 6.41. The summed E-state index contributed by atoms with van der Waals surface area (Å²) in [4.78, 5) is 14.5. The van der Waals surface area contributed by atoms with Gasteiger partial charge in [0.2, 0.25) is 6.61 Å². The van der Waals surface area contributed by atoms with E-state index in [1.54, 1.807) is 0 Å². The van der Waals surface area contributed by atoms with Crippen molar-refractivity contribution in [1.82, 2.24) is 0 Å². The summed E-state index contributed by atoms with van der Waals surface area (Å²) in [5.41, 5.74) is 0.909. The lowest BCUT2D eigenvalue weighted by molar-refractivity contribution is -0.142. The molecule has 4 heteroatoms. The first-order chi connectivity index (χ1) is 5.20. The van der Waals surface area contributed by atoms with Crippen LogP contribution in [0.5, 0.6) is 0 Å². The van der Waals surface area contributed by atoms with Crippen LogP contribution in [-0.2, 0) is 9.63 Å². The van der Waals surface area contributed by atoms with Gasteiger partial charge in [0, 0.05) is 5.92 Å². The van der Waals surface area contributed by atoms with Gasteiger partial charge in [-0.15, -0.1) is 0 Å². The van der Waals surface area contributed by atoms with E-state index in [9.17, 15) is 4.79 Å². The zero-order valence-electron chi connectivity index (χ0n) is 6.41. The Morgan fingerprint density at radius 2 is 2.36 bits per heavy atom. The van der Waals surface area contributed by atoms with E-state index in [2.05, 4.69) is 9.99 Å². The van der Waals surface area contributed by atoms with E-state index >= 15 is 0 Å². The summed E-state index contributed by atoms with van der Waals surface area (Å²) in [6.45, 7) is 1.52. The summed E-state index contributed by atoms with van der Waals surface area (Å²) >= 11 is 0. The number of carboxylic acid groups (broad SMARTS) is 1. The average molecular weight is 157 g/mol. The molecule has 0 heterocycles. The molecule has 4 nitrogen and oxygen atoms in total. The zero-order chi connectivity index (χ0) is 8.27. The van der Waals surface area contributed by atoms with Gasteiger partial charge < -0.3 is 9.94 Å². The van der Waals surface area contributed by atoms with Crippen LogP contribution in [-0.4, -0.2) is 23.4 Å². The summed E-state index contributed by atoms with van der Waals surface area (Å²) in [7, 11) is 0. The van der Waals surface area contributed by atoms with Gasteiger partial charge in [-0.2, -0.15) is 0 Å². The van der Waals surface area contributed by atoms with E-state index in [1.807, 2.05) is 6.92 Å². The van der Waals surface area contributed by atoms with E-state index in [0.29, 0.717) is 5.92 Å². The Morgan fingerprint density at radius 1 is 1.73 bits per heavy atom. The highest BCUT2D eigenvalue weighted by molar-refractivity contribution is 5.85. The first-order valence-electron chi connectivity index (χ1n) is 3.58. The summed E-state index contributed by atoms with van der Waals surface area (Å²) < 4.78 is 0. The van der Waals surface area contributed by atoms with Crippen LogP contribution >= 0.6 is 0 Å². The van der Waals surface area contributed by atoms with Crippen molar-refractivity contribution in [2.75, 3.05) is 6.61 Å². The molecule has 62 valence electrons. The minimum Gasteiger partial charge on any atom is -0.479 e. The van der Waals surface area contributed by atoms with Crippen molar-refractivity contribution in [3.8, 4) is 0 Å². The molecule has 1 aliphatic carbocycles. The molecule has 1 saturated carbocycles. The fourth-order valence-electron chi connectivity index (χ4n) is 0.765. The third-order valence-corrected chi connectivity index (χ3v) is 1.56. The lowest BCUT2D eigenvalue weighted by Crippen LogP contribution is -2.05. The van der Waals surface area contributed by atoms with Gasteiger partial charge in [0.05, 0.1) is 5.71 Å². The molecule has 1 rings (SSSR count).